The Labute approximate surface area is 233 Å². The first-order valence-corrected chi connectivity index (χ1v) is 13.2. The number of halogens is 1. The van der Waals surface area contributed by atoms with Gasteiger partial charge in [0.15, 0.2) is 0 Å². The highest BCUT2D eigenvalue weighted by Crippen LogP contribution is 2.34. The van der Waals surface area contributed by atoms with E-state index in [0.717, 1.165) is 60.5 Å². The third-order valence-electron chi connectivity index (χ3n) is 7.76. The van der Waals surface area contributed by atoms with Crippen LogP contribution >= 0.6 is 12.4 Å². The molecule has 8 nitrogen and oxygen atoms in total. The smallest absolute Gasteiger partial charge is 0.414 e. The fourth-order valence-electron chi connectivity index (χ4n) is 5.90. The summed E-state index contributed by atoms with van der Waals surface area (Å²) in [5.74, 6) is 0.717. The minimum atomic E-state index is -0.307. The van der Waals surface area contributed by atoms with Crippen LogP contribution in [0.5, 0.6) is 5.75 Å². The van der Waals surface area contributed by atoms with E-state index in [0.29, 0.717) is 6.54 Å². The highest BCUT2D eigenvalue weighted by Gasteiger charge is 2.34. The van der Waals surface area contributed by atoms with Gasteiger partial charge in [-0.3, -0.25) is 14.6 Å². The Hall–Kier alpha value is -3.75. The van der Waals surface area contributed by atoms with E-state index in [1.165, 1.54) is 16.4 Å². The van der Waals surface area contributed by atoms with Gasteiger partial charge in [-0.15, -0.1) is 12.4 Å². The van der Waals surface area contributed by atoms with Gasteiger partial charge in [-0.1, -0.05) is 18.2 Å². The summed E-state index contributed by atoms with van der Waals surface area (Å²) in [4.78, 5) is 29.5. The second kappa shape index (κ2) is 11.2. The lowest BCUT2D eigenvalue weighted by atomic mass is 10.0. The summed E-state index contributed by atoms with van der Waals surface area (Å²) in [5, 5.41) is 5.43. The molecule has 4 aromatic rings. The number of amides is 2. The maximum Gasteiger partial charge on any atom is 0.414 e. The largest absolute Gasteiger partial charge is 0.497 e. The Kier molecular flexibility index (Phi) is 7.68. The zero-order valence-electron chi connectivity index (χ0n) is 22.2. The number of aromatic nitrogens is 1. The summed E-state index contributed by atoms with van der Waals surface area (Å²) in [7, 11) is 1.63. The Balaban J connectivity index is 0.00000308. The summed E-state index contributed by atoms with van der Waals surface area (Å²) in [6, 6.07) is 20.3. The Morgan fingerprint density at radius 1 is 1.03 bits per heavy atom. The average Bonchev–Trinajstić information content (AvgIpc) is 3.26. The second-order valence-corrected chi connectivity index (χ2v) is 9.97. The van der Waals surface area contributed by atoms with Crippen LogP contribution in [-0.4, -0.2) is 54.3 Å². The van der Waals surface area contributed by atoms with Gasteiger partial charge in [0.1, 0.15) is 12.4 Å². The number of benzene rings is 3. The molecule has 1 fully saturated rings. The molecule has 1 saturated heterocycles. The first-order chi connectivity index (χ1) is 18.6. The molecule has 0 saturated carbocycles. The van der Waals surface area contributed by atoms with Crippen molar-refractivity contribution >= 4 is 57.6 Å². The standard InChI is InChI=1S/C30H32N4O4.ClH/c1-3-33-27-7-5-4-6-24(27)25-17-21(8-10-28(25)33)31-29(35)18-32-14-12-22(13-15-32)34-26-11-9-23(37-2)16-20(26)19-38-30(34)36;/h4-11,16-17,22H,3,12-15,18-19H2,1-2H3,(H,31,35);1H. The number of likely N-dealkylation sites (tertiary alicyclic amines) is 1. The highest BCUT2D eigenvalue weighted by molar-refractivity contribution is 6.09. The molecule has 6 rings (SSSR count). The minimum absolute atomic E-state index is 0. The number of hydrogen-bond donors (Lipinski definition) is 1. The van der Waals surface area contributed by atoms with Crippen molar-refractivity contribution in [1.82, 2.24) is 9.47 Å². The van der Waals surface area contributed by atoms with Gasteiger partial charge in [-0.05, 0) is 62.2 Å². The number of methoxy groups -OCH3 is 1. The van der Waals surface area contributed by atoms with Gasteiger partial charge < -0.3 is 19.4 Å². The maximum absolute atomic E-state index is 12.9. The zero-order chi connectivity index (χ0) is 26.2. The molecule has 39 heavy (non-hydrogen) atoms. The van der Waals surface area contributed by atoms with Crippen molar-refractivity contribution in [2.24, 2.45) is 0 Å². The molecule has 0 atom stereocenters. The predicted molar refractivity (Wildman–Crippen MR) is 156 cm³/mol. The first kappa shape index (κ1) is 26.8. The third kappa shape index (κ3) is 5.02. The summed E-state index contributed by atoms with van der Waals surface area (Å²) in [6.45, 7) is 5.08. The molecule has 2 aliphatic heterocycles. The van der Waals surface area contributed by atoms with Crippen molar-refractivity contribution in [3.8, 4) is 5.75 Å². The molecule has 1 aromatic heterocycles. The Bertz CT molecular complexity index is 1530. The SMILES string of the molecule is CCn1c2ccccc2c2cc(NC(=O)CN3CCC(N4C(=O)OCc5cc(OC)ccc54)CC3)ccc21.Cl. The van der Waals surface area contributed by atoms with Crippen molar-refractivity contribution in [2.75, 3.05) is 37.0 Å². The molecule has 1 N–H and O–H groups in total. The molecular formula is C30H33ClN4O4. The number of hydrogen-bond acceptors (Lipinski definition) is 5. The van der Waals surface area contributed by atoms with E-state index in [1.54, 1.807) is 12.0 Å². The van der Waals surface area contributed by atoms with Crippen LogP contribution in [0.4, 0.5) is 16.2 Å². The molecule has 204 valence electrons. The third-order valence-corrected chi connectivity index (χ3v) is 7.76. The number of piperidine rings is 1. The van der Waals surface area contributed by atoms with Crippen molar-refractivity contribution in [3.05, 3.63) is 66.2 Å². The van der Waals surface area contributed by atoms with Crippen LogP contribution in [0, 0.1) is 0 Å². The Morgan fingerprint density at radius 3 is 2.56 bits per heavy atom. The summed E-state index contributed by atoms with van der Waals surface area (Å²) < 4.78 is 13.1. The van der Waals surface area contributed by atoms with E-state index < -0.39 is 0 Å². The molecule has 3 heterocycles. The summed E-state index contributed by atoms with van der Waals surface area (Å²) in [5.41, 5.74) is 5.02. The number of carbonyl (C=O) groups excluding carboxylic acids is 2. The van der Waals surface area contributed by atoms with E-state index >= 15 is 0 Å². The van der Waals surface area contributed by atoms with E-state index in [1.807, 2.05) is 24.3 Å². The van der Waals surface area contributed by atoms with Crippen LogP contribution in [0.15, 0.2) is 60.7 Å². The number of nitrogens with one attached hydrogen (secondary N) is 1. The number of anilines is 2. The zero-order valence-corrected chi connectivity index (χ0v) is 23.0. The monoisotopic (exact) mass is 548 g/mol. The maximum atomic E-state index is 12.9. The lowest BCUT2D eigenvalue weighted by Gasteiger charge is -2.40. The number of fused-ring (bicyclic) bond motifs is 4. The molecular weight excluding hydrogens is 516 g/mol. The minimum Gasteiger partial charge on any atom is -0.497 e. The van der Waals surface area contributed by atoms with Crippen LogP contribution in [0.25, 0.3) is 21.8 Å². The summed E-state index contributed by atoms with van der Waals surface area (Å²) in [6.07, 6.45) is 1.24. The van der Waals surface area contributed by atoms with Gasteiger partial charge in [0, 0.05) is 58.7 Å². The van der Waals surface area contributed by atoms with Gasteiger partial charge in [0.05, 0.1) is 19.3 Å². The molecule has 0 aliphatic carbocycles. The van der Waals surface area contributed by atoms with E-state index in [2.05, 4.69) is 58.1 Å². The van der Waals surface area contributed by atoms with Gasteiger partial charge in [0.2, 0.25) is 5.91 Å². The number of cyclic esters (lactones) is 1. The topological polar surface area (TPSA) is 76.0 Å². The molecule has 9 heteroatoms. The van der Waals surface area contributed by atoms with E-state index in [4.69, 9.17) is 9.47 Å². The molecule has 3 aromatic carbocycles. The number of rotatable bonds is 6. The fourth-order valence-corrected chi connectivity index (χ4v) is 5.90. The Morgan fingerprint density at radius 2 is 1.79 bits per heavy atom. The van der Waals surface area contributed by atoms with E-state index in [9.17, 15) is 9.59 Å². The van der Waals surface area contributed by atoms with Crippen LogP contribution in [0.3, 0.4) is 0 Å². The fraction of sp³-hybridized carbons (Fsp3) is 0.333. The number of nitrogens with zero attached hydrogens (tertiary/aromatic N) is 3. The average molecular weight is 549 g/mol. The summed E-state index contributed by atoms with van der Waals surface area (Å²) >= 11 is 0. The lowest BCUT2D eigenvalue weighted by Crippen LogP contribution is -2.50. The van der Waals surface area contributed by atoms with Crippen LogP contribution < -0.4 is 15.0 Å². The van der Waals surface area contributed by atoms with Crippen molar-refractivity contribution < 1.29 is 19.1 Å². The first-order valence-electron chi connectivity index (χ1n) is 13.2. The number of ether oxygens (including phenoxy) is 2. The van der Waals surface area contributed by atoms with Gasteiger partial charge in [0.25, 0.3) is 0 Å². The van der Waals surface area contributed by atoms with Crippen molar-refractivity contribution in [1.29, 1.82) is 0 Å². The molecule has 0 spiro atoms. The lowest BCUT2D eigenvalue weighted by molar-refractivity contribution is -0.117. The van der Waals surface area contributed by atoms with Gasteiger partial charge in [-0.2, -0.15) is 0 Å². The van der Waals surface area contributed by atoms with Crippen molar-refractivity contribution in [2.45, 2.75) is 39.0 Å². The number of aryl methyl sites for hydroxylation is 1. The quantitative estimate of drug-likeness (QED) is 0.329. The molecule has 0 bridgehead atoms. The molecule has 2 aliphatic rings. The van der Waals surface area contributed by atoms with Crippen LogP contribution in [0.1, 0.15) is 25.3 Å². The van der Waals surface area contributed by atoms with Crippen LogP contribution in [-0.2, 0) is 22.7 Å². The van der Waals surface area contributed by atoms with Gasteiger partial charge in [-0.25, -0.2) is 4.79 Å². The highest BCUT2D eigenvalue weighted by atomic mass is 35.5. The molecule has 0 unspecified atom stereocenters. The normalized spacial score (nSPS) is 16.1. The van der Waals surface area contributed by atoms with E-state index in [-0.39, 0.29) is 37.1 Å². The number of para-hydroxylation sites is 1. The predicted octanol–water partition coefficient (Wildman–Crippen LogP) is 5.80. The van der Waals surface area contributed by atoms with Crippen LogP contribution in [0.2, 0.25) is 0 Å². The van der Waals surface area contributed by atoms with Gasteiger partial charge >= 0.3 is 6.09 Å². The van der Waals surface area contributed by atoms with Crippen molar-refractivity contribution in [3.63, 3.8) is 0 Å². The molecule has 0 radical (unpaired) electrons. The molecule has 2 amide bonds. The number of carbonyl (C=O) groups is 2. The second-order valence-electron chi connectivity index (χ2n) is 9.97.